The van der Waals surface area contributed by atoms with Gasteiger partial charge in [0.15, 0.2) is 0 Å². The van der Waals surface area contributed by atoms with Crippen molar-refractivity contribution in [3.63, 3.8) is 0 Å². The lowest BCUT2D eigenvalue weighted by Crippen LogP contribution is -2.25. The largest absolute Gasteiger partial charge is 0.324 e. The van der Waals surface area contributed by atoms with E-state index in [9.17, 15) is 4.39 Å². The van der Waals surface area contributed by atoms with Gasteiger partial charge >= 0.3 is 0 Å². The van der Waals surface area contributed by atoms with E-state index < -0.39 is 0 Å². The number of hydrogen-bond donors (Lipinski definition) is 1. The molecule has 0 spiro atoms. The third-order valence-corrected chi connectivity index (χ3v) is 2.38. The Bertz CT molecular complexity index is 373. The molecule has 13 heavy (non-hydrogen) atoms. The van der Waals surface area contributed by atoms with E-state index in [-0.39, 0.29) is 11.9 Å². The van der Waals surface area contributed by atoms with Crippen molar-refractivity contribution in [3.05, 3.63) is 40.7 Å². The number of rotatable bonds is 1. The normalized spacial score (nSPS) is 20.8. The molecule has 1 atom stereocenters. The van der Waals surface area contributed by atoms with Crippen molar-refractivity contribution in [2.75, 3.05) is 0 Å². The molecule has 0 radical (unpaired) electrons. The molecule has 0 aromatic heterocycles. The summed E-state index contributed by atoms with van der Waals surface area (Å²) in [6.45, 7) is 0. The summed E-state index contributed by atoms with van der Waals surface area (Å²) in [7, 11) is 0. The first-order valence-electron chi connectivity index (χ1n) is 4.08. The highest BCUT2D eigenvalue weighted by Gasteiger charge is 2.19. The molecule has 0 saturated heterocycles. The predicted molar refractivity (Wildman–Crippen MR) is 52.0 cm³/mol. The summed E-state index contributed by atoms with van der Waals surface area (Å²) >= 11 is 5.75. The number of benzene rings is 1. The van der Waals surface area contributed by atoms with Crippen molar-refractivity contribution in [2.45, 2.75) is 12.5 Å². The fourth-order valence-corrected chi connectivity index (χ4v) is 1.59. The molecule has 0 bridgehead atoms. The van der Waals surface area contributed by atoms with Gasteiger partial charge in [-0.3, -0.25) is 0 Å². The molecule has 2 rings (SSSR count). The topological polar surface area (TPSA) is 26.0 Å². The summed E-state index contributed by atoms with van der Waals surface area (Å²) in [6.07, 6.45) is 2.59. The lowest BCUT2D eigenvalue weighted by molar-refractivity contribution is 0.620. The molecule has 68 valence electrons. The average molecular weight is 198 g/mol. The molecule has 0 fully saturated rings. The Labute approximate surface area is 81.0 Å². The highest BCUT2D eigenvalue weighted by atomic mass is 35.5. The maximum absolute atomic E-state index is 13.2. The van der Waals surface area contributed by atoms with Gasteiger partial charge in [0, 0.05) is 16.6 Å². The van der Waals surface area contributed by atoms with Crippen molar-refractivity contribution in [3.8, 4) is 0 Å². The lowest BCUT2D eigenvalue weighted by atomic mass is 9.88. The van der Waals surface area contributed by atoms with Gasteiger partial charge in [0.05, 0.1) is 0 Å². The smallest absolute Gasteiger partial charge is 0.130 e. The molecule has 0 amide bonds. The van der Waals surface area contributed by atoms with Gasteiger partial charge in [-0.15, -0.1) is 0 Å². The number of hydrogen-bond acceptors (Lipinski definition) is 1. The zero-order chi connectivity index (χ0) is 9.42. The van der Waals surface area contributed by atoms with Crippen LogP contribution in [0.25, 0.3) is 5.57 Å². The summed E-state index contributed by atoms with van der Waals surface area (Å²) in [4.78, 5) is 0. The maximum Gasteiger partial charge on any atom is 0.130 e. The Morgan fingerprint density at radius 1 is 1.46 bits per heavy atom. The second-order valence-corrected chi connectivity index (χ2v) is 3.62. The summed E-state index contributed by atoms with van der Waals surface area (Å²) in [5, 5.41) is 0.553. The van der Waals surface area contributed by atoms with Crippen molar-refractivity contribution in [2.24, 2.45) is 5.73 Å². The van der Waals surface area contributed by atoms with Gasteiger partial charge in [0.1, 0.15) is 5.82 Å². The van der Waals surface area contributed by atoms with Gasteiger partial charge in [0.25, 0.3) is 0 Å². The third kappa shape index (κ3) is 1.60. The Hall–Kier alpha value is -0.860. The monoisotopic (exact) mass is 197 g/mol. The molecule has 1 aliphatic rings. The maximum atomic E-state index is 13.2. The van der Waals surface area contributed by atoms with Crippen LogP contribution in [0.3, 0.4) is 0 Å². The van der Waals surface area contributed by atoms with Gasteiger partial charge in [0.2, 0.25) is 0 Å². The first kappa shape index (κ1) is 8.73. The standard InChI is InChI=1S/C10H9ClFN/c11-7-1-2-10(12)9(5-7)6-3-8(13)4-6/h1-3,5,8H,4,13H2. The van der Waals surface area contributed by atoms with Crippen LogP contribution in [0.5, 0.6) is 0 Å². The SMILES string of the molecule is NC1C=C(c2cc(Cl)ccc2F)C1. The first-order valence-corrected chi connectivity index (χ1v) is 4.46. The molecule has 0 aliphatic heterocycles. The Morgan fingerprint density at radius 2 is 2.15 bits per heavy atom. The molecule has 1 unspecified atom stereocenters. The van der Waals surface area contributed by atoms with E-state index in [1.54, 1.807) is 12.1 Å². The molecule has 1 aliphatic carbocycles. The van der Waals surface area contributed by atoms with E-state index in [0.29, 0.717) is 10.6 Å². The minimum absolute atomic E-state index is 0.0772. The molecule has 1 aromatic rings. The van der Waals surface area contributed by atoms with Crippen molar-refractivity contribution in [1.82, 2.24) is 0 Å². The molecule has 1 aromatic carbocycles. The highest BCUT2D eigenvalue weighted by molar-refractivity contribution is 6.30. The zero-order valence-electron chi connectivity index (χ0n) is 6.93. The minimum Gasteiger partial charge on any atom is -0.324 e. The first-order chi connectivity index (χ1) is 6.16. The second kappa shape index (κ2) is 3.13. The van der Waals surface area contributed by atoms with Crippen LogP contribution < -0.4 is 5.73 Å². The van der Waals surface area contributed by atoms with Crippen LogP contribution in [0, 0.1) is 5.82 Å². The minimum atomic E-state index is -0.234. The van der Waals surface area contributed by atoms with Crippen LogP contribution in [0.2, 0.25) is 5.02 Å². The summed E-state index contributed by atoms with van der Waals surface area (Å²) in [5.41, 5.74) is 7.09. The van der Waals surface area contributed by atoms with Gasteiger partial charge in [-0.25, -0.2) is 4.39 Å². The molecular formula is C10H9ClFN. The summed E-state index contributed by atoms with van der Waals surface area (Å²) < 4.78 is 13.2. The van der Waals surface area contributed by atoms with Gasteiger partial charge < -0.3 is 5.73 Å². The van der Waals surface area contributed by atoms with Crippen LogP contribution in [0.1, 0.15) is 12.0 Å². The van der Waals surface area contributed by atoms with E-state index >= 15 is 0 Å². The van der Waals surface area contributed by atoms with Gasteiger partial charge in [-0.2, -0.15) is 0 Å². The second-order valence-electron chi connectivity index (χ2n) is 3.18. The van der Waals surface area contributed by atoms with Crippen molar-refractivity contribution < 1.29 is 4.39 Å². The molecule has 1 nitrogen and oxygen atoms in total. The predicted octanol–water partition coefficient (Wildman–Crippen LogP) is 2.59. The fourth-order valence-electron chi connectivity index (χ4n) is 1.42. The molecule has 0 saturated carbocycles. The quantitative estimate of drug-likeness (QED) is 0.736. The Balaban J connectivity index is 2.40. The van der Waals surface area contributed by atoms with Crippen LogP contribution in [-0.4, -0.2) is 6.04 Å². The molecular weight excluding hydrogens is 189 g/mol. The Kier molecular flexibility index (Phi) is 2.10. The highest BCUT2D eigenvalue weighted by Crippen LogP contribution is 2.31. The van der Waals surface area contributed by atoms with Crippen LogP contribution in [-0.2, 0) is 0 Å². The van der Waals surface area contributed by atoms with E-state index in [1.807, 2.05) is 6.08 Å². The van der Waals surface area contributed by atoms with Crippen LogP contribution >= 0.6 is 11.6 Å². The summed E-state index contributed by atoms with van der Waals surface area (Å²) in [6, 6.07) is 4.63. The van der Waals surface area contributed by atoms with E-state index in [0.717, 1.165) is 12.0 Å². The van der Waals surface area contributed by atoms with E-state index in [4.69, 9.17) is 17.3 Å². The lowest BCUT2D eigenvalue weighted by Gasteiger charge is -2.22. The van der Waals surface area contributed by atoms with Crippen LogP contribution in [0.15, 0.2) is 24.3 Å². The van der Waals surface area contributed by atoms with E-state index in [1.165, 1.54) is 6.07 Å². The van der Waals surface area contributed by atoms with Crippen LogP contribution in [0.4, 0.5) is 4.39 Å². The fraction of sp³-hybridized carbons (Fsp3) is 0.200. The van der Waals surface area contributed by atoms with Gasteiger partial charge in [-0.1, -0.05) is 17.7 Å². The van der Waals surface area contributed by atoms with Crippen molar-refractivity contribution >= 4 is 17.2 Å². The zero-order valence-corrected chi connectivity index (χ0v) is 7.68. The molecule has 3 heteroatoms. The number of halogens is 2. The molecule has 0 heterocycles. The van der Waals surface area contributed by atoms with Gasteiger partial charge in [-0.05, 0) is 30.2 Å². The summed E-state index contributed by atoms with van der Waals surface area (Å²) in [5.74, 6) is -0.234. The molecule has 2 N–H and O–H groups in total. The average Bonchev–Trinajstić information content (AvgIpc) is 2.04. The number of nitrogens with two attached hydrogens (primary N) is 1. The third-order valence-electron chi connectivity index (χ3n) is 2.15. The van der Waals surface area contributed by atoms with E-state index in [2.05, 4.69) is 0 Å². The van der Waals surface area contributed by atoms with Crippen molar-refractivity contribution in [1.29, 1.82) is 0 Å². The Morgan fingerprint density at radius 3 is 2.77 bits per heavy atom.